The maximum atomic E-state index is 13.6. The summed E-state index contributed by atoms with van der Waals surface area (Å²) in [6.07, 6.45) is -1.65. The number of carbonyl (C=O) groups is 2. The molecule has 1 aromatic heterocycles. The van der Waals surface area contributed by atoms with Crippen molar-refractivity contribution in [2.75, 3.05) is 12.4 Å². The van der Waals surface area contributed by atoms with Crippen molar-refractivity contribution >= 4 is 23.2 Å². The van der Waals surface area contributed by atoms with E-state index in [2.05, 4.69) is 20.6 Å². The number of rotatable bonds is 5. The topological polar surface area (TPSA) is 88.4 Å². The first-order valence-electron chi connectivity index (χ1n) is 12.1. The summed E-state index contributed by atoms with van der Waals surface area (Å²) in [6.45, 7) is 4.03. The summed E-state index contributed by atoms with van der Waals surface area (Å²) >= 11 is 0. The number of halogens is 3. The molecule has 4 aromatic rings. The van der Waals surface area contributed by atoms with Gasteiger partial charge in [-0.3, -0.25) is 14.6 Å². The number of aromatic nitrogens is 2. The largest absolute Gasteiger partial charge is 0.416 e. The molecular weight excluding hydrogens is 507 g/mol. The maximum absolute atomic E-state index is 13.6. The number of alkyl halides is 3. The molecule has 3 aromatic carbocycles. The zero-order valence-corrected chi connectivity index (χ0v) is 21.3. The molecule has 10 heteroatoms. The van der Waals surface area contributed by atoms with Crippen LogP contribution in [0.1, 0.15) is 38.3 Å². The summed E-state index contributed by atoms with van der Waals surface area (Å²) in [4.78, 5) is 33.6. The third kappa shape index (κ3) is 5.18. The van der Waals surface area contributed by atoms with Gasteiger partial charge in [0.05, 0.1) is 24.1 Å². The van der Waals surface area contributed by atoms with E-state index in [9.17, 15) is 22.8 Å². The smallest absolute Gasteiger partial charge is 0.354 e. The van der Waals surface area contributed by atoms with E-state index in [1.807, 2.05) is 31.2 Å². The number of fused-ring (bicyclic) bond motifs is 1. The Kier molecular flexibility index (Phi) is 6.55. The first-order valence-corrected chi connectivity index (χ1v) is 12.1. The lowest BCUT2D eigenvalue weighted by atomic mass is 9.95. The number of aryl methyl sites for hydroxylation is 2. The monoisotopic (exact) mass is 531 g/mol. The standard InChI is InChI=1S/C29H24F3N5O2/c1-16-4-6-22(12-25(16)18-5-7-24-20(8-18)13-34-26(24)28(39)33-3)36-27(38)19-9-21(29(30,31)32)11-23(10-19)37-14-17(2)35-15-37/h4-12,14-15H,13H2,1-3H3,(H,33,39)(H,36,38). The van der Waals surface area contributed by atoms with E-state index in [0.29, 0.717) is 23.6 Å². The molecular formula is C29H24F3N5O2. The van der Waals surface area contributed by atoms with Crippen molar-refractivity contribution in [3.8, 4) is 16.8 Å². The molecule has 0 spiro atoms. The van der Waals surface area contributed by atoms with Crippen molar-refractivity contribution in [2.45, 2.75) is 26.6 Å². The van der Waals surface area contributed by atoms with Crippen molar-refractivity contribution < 1.29 is 22.8 Å². The molecule has 0 unspecified atom stereocenters. The SMILES string of the molecule is CNC(=O)C1=NCc2cc(-c3cc(NC(=O)c4cc(-n5cnc(C)c5)cc(C(F)(F)F)c4)ccc3C)ccc21. The van der Waals surface area contributed by atoms with Gasteiger partial charge in [0.1, 0.15) is 5.71 Å². The lowest BCUT2D eigenvalue weighted by Gasteiger charge is -2.14. The van der Waals surface area contributed by atoms with Crippen LogP contribution in [0.25, 0.3) is 16.8 Å². The Balaban J connectivity index is 1.45. The number of benzene rings is 3. The highest BCUT2D eigenvalue weighted by molar-refractivity contribution is 6.46. The molecule has 1 aliphatic heterocycles. The second kappa shape index (κ2) is 9.86. The van der Waals surface area contributed by atoms with E-state index in [1.165, 1.54) is 17.0 Å². The third-order valence-electron chi connectivity index (χ3n) is 6.53. The lowest BCUT2D eigenvalue weighted by Crippen LogP contribution is -2.27. The lowest BCUT2D eigenvalue weighted by molar-refractivity contribution is -0.137. The average Bonchev–Trinajstić information content (AvgIpc) is 3.54. The molecule has 0 aliphatic carbocycles. The minimum Gasteiger partial charge on any atom is -0.354 e. The molecule has 7 nitrogen and oxygen atoms in total. The zero-order chi connectivity index (χ0) is 27.9. The molecule has 5 rings (SSSR count). The number of nitrogens with zero attached hydrogens (tertiary/aromatic N) is 3. The Morgan fingerprint density at radius 3 is 2.44 bits per heavy atom. The Morgan fingerprint density at radius 2 is 1.74 bits per heavy atom. The van der Waals surface area contributed by atoms with Crippen molar-refractivity contribution in [2.24, 2.45) is 4.99 Å². The highest BCUT2D eigenvalue weighted by Gasteiger charge is 2.32. The fourth-order valence-corrected chi connectivity index (χ4v) is 4.52. The van der Waals surface area contributed by atoms with E-state index < -0.39 is 17.6 Å². The van der Waals surface area contributed by atoms with Crippen LogP contribution in [0.5, 0.6) is 0 Å². The predicted molar refractivity (Wildman–Crippen MR) is 142 cm³/mol. The highest BCUT2D eigenvalue weighted by atomic mass is 19.4. The number of amides is 2. The highest BCUT2D eigenvalue weighted by Crippen LogP contribution is 2.33. The van der Waals surface area contributed by atoms with Crippen LogP contribution in [-0.2, 0) is 17.5 Å². The predicted octanol–water partition coefficient (Wildman–Crippen LogP) is 5.48. The molecule has 2 N–H and O–H groups in total. The number of aliphatic imine (C=N–C) groups is 1. The maximum Gasteiger partial charge on any atom is 0.416 e. The molecule has 0 saturated heterocycles. The normalized spacial score (nSPS) is 12.6. The molecule has 0 fully saturated rings. The van der Waals surface area contributed by atoms with Crippen LogP contribution in [0, 0.1) is 13.8 Å². The van der Waals surface area contributed by atoms with Gasteiger partial charge >= 0.3 is 6.18 Å². The minimum absolute atomic E-state index is 0.135. The fourth-order valence-electron chi connectivity index (χ4n) is 4.52. The van der Waals surface area contributed by atoms with E-state index >= 15 is 0 Å². The second-order valence-electron chi connectivity index (χ2n) is 9.29. The third-order valence-corrected chi connectivity index (χ3v) is 6.53. The number of nitrogens with one attached hydrogen (secondary N) is 2. The Hall–Kier alpha value is -4.73. The molecule has 2 heterocycles. The zero-order valence-electron chi connectivity index (χ0n) is 21.3. The quantitative estimate of drug-likeness (QED) is 0.358. The summed E-state index contributed by atoms with van der Waals surface area (Å²) in [5.74, 6) is -0.921. The van der Waals surface area contributed by atoms with Gasteiger partial charge < -0.3 is 15.2 Å². The van der Waals surface area contributed by atoms with Crippen molar-refractivity contribution in [3.63, 3.8) is 0 Å². The van der Waals surface area contributed by atoms with Gasteiger partial charge in [-0.05, 0) is 72.5 Å². The van der Waals surface area contributed by atoms with Gasteiger partial charge in [0, 0.05) is 35.7 Å². The van der Waals surface area contributed by atoms with Gasteiger partial charge in [-0.25, -0.2) is 4.98 Å². The number of carbonyl (C=O) groups excluding carboxylic acids is 2. The van der Waals surface area contributed by atoms with E-state index in [4.69, 9.17) is 0 Å². The molecule has 0 atom stereocenters. The average molecular weight is 532 g/mol. The number of likely N-dealkylation sites (N-methyl/N-ethyl adjacent to an activating group) is 1. The second-order valence-corrected chi connectivity index (χ2v) is 9.29. The minimum atomic E-state index is -4.63. The van der Waals surface area contributed by atoms with Crippen LogP contribution in [0.4, 0.5) is 18.9 Å². The van der Waals surface area contributed by atoms with Gasteiger partial charge in [0.15, 0.2) is 0 Å². The molecule has 0 bridgehead atoms. The molecule has 1 aliphatic rings. The first kappa shape index (κ1) is 25.9. The van der Waals surface area contributed by atoms with Gasteiger partial charge in [-0.2, -0.15) is 13.2 Å². The molecule has 2 amide bonds. The number of imidazole rings is 1. The Bertz CT molecular complexity index is 1650. The number of anilines is 1. The summed E-state index contributed by atoms with van der Waals surface area (Å²) < 4.78 is 42.4. The van der Waals surface area contributed by atoms with Crippen molar-refractivity contribution in [1.29, 1.82) is 0 Å². The van der Waals surface area contributed by atoms with E-state index in [1.54, 1.807) is 32.3 Å². The van der Waals surface area contributed by atoms with Crippen LogP contribution >= 0.6 is 0 Å². The van der Waals surface area contributed by atoms with Crippen molar-refractivity contribution in [3.05, 3.63) is 101 Å². The Morgan fingerprint density at radius 1 is 0.949 bits per heavy atom. The summed E-state index contributed by atoms with van der Waals surface area (Å²) in [6, 6.07) is 14.2. The van der Waals surface area contributed by atoms with Crippen LogP contribution < -0.4 is 10.6 Å². The van der Waals surface area contributed by atoms with E-state index in [-0.39, 0.29) is 17.2 Å². The van der Waals surface area contributed by atoms with E-state index in [0.717, 1.165) is 39.9 Å². The summed E-state index contributed by atoms with van der Waals surface area (Å²) in [5, 5.41) is 5.32. The van der Waals surface area contributed by atoms with Crippen LogP contribution in [0.15, 0.2) is 72.1 Å². The van der Waals surface area contributed by atoms with Gasteiger partial charge in [-0.15, -0.1) is 0 Å². The molecule has 39 heavy (non-hydrogen) atoms. The molecule has 198 valence electrons. The van der Waals surface area contributed by atoms with Crippen molar-refractivity contribution in [1.82, 2.24) is 14.9 Å². The van der Waals surface area contributed by atoms with Crippen LogP contribution in [-0.4, -0.2) is 34.1 Å². The van der Waals surface area contributed by atoms with Gasteiger partial charge in [0.2, 0.25) is 0 Å². The number of hydrogen-bond acceptors (Lipinski definition) is 4. The molecule has 0 saturated carbocycles. The fraction of sp³-hybridized carbons (Fsp3) is 0.172. The summed E-state index contributed by atoms with van der Waals surface area (Å²) in [7, 11) is 1.55. The molecule has 0 radical (unpaired) electrons. The van der Waals surface area contributed by atoms with Gasteiger partial charge in [0.25, 0.3) is 11.8 Å². The Labute approximate surface area is 222 Å². The number of hydrogen-bond donors (Lipinski definition) is 2. The first-order chi connectivity index (χ1) is 18.5. The van der Waals surface area contributed by atoms with Gasteiger partial charge in [-0.1, -0.05) is 18.2 Å². The van der Waals surface area contributed by atoms with Crippen LogP contribution in [0.3, 0.4) is 0 Å². The van der Waals surface area contributed by atoms with Crippen LogP contribution in [0.2, 0.25) is 0 Å². The summed E-state index contributed by atoms with van der Waals surface area (Å²) in [5.41, 5.74) is 4.89.